The number of nitrogens with zero attached hydrogens (tertiary/aromatic N) is 2. The van der Waals surface area contributed by atoms with E-state index in [-0.39, 0.29) is 11.9 Å². The van der Waals surface area contributed by atoms with E-state index >= 15 is 0 Å². The van der Waals surface area contributed by atoms with Crippen molar-refractivity contribution in [3.8, 4) is 5.75 Å². The number of methoxy groups -OCH3 is 1. The van der Waals surface area contributed by atoms with Crippen LogP contribution in [0.2, 0.25) is 0 Å². The number of hydrogen-bond acceptors (Lipinski definition) is 4. The van der Waals surface area contributed by atoms with E-state index in [1.807, 2.05) is 65.7 Å². The molecule has 2 aromatic heterocycles. The molecule has 1 aromatic carbocycles. The molecular weight excluding hydrogens is 322 g/mol. The van der Waals surface area contributed by atoms with Gasteiger partial charge in [-0.05, 0) is 36.8 Å². The van der Waals surface area contributed by atoms with Crippen LogP contribution in [-0.2, 0) is 4.79 Å². The highest BCUT2D eigenvalue weighted by atomic mass is 32.1. The Bertz CT molecular complexity index is 794. The lowest BCUT2D eigenvalue weighted by molar-refractivity contribution is -0.116. The smallest absolute Gasteiger partial charge is 0.228 e. The predicted octanol–water partition coefficient (Wildman–Crippen LogP) is 3.88. The molecular formula is C18H19N3O2S. The van der Waals surface area contributed by atoms with Crippen LogP contribution in [0.25, 0.3) is 0 Å². The van der Waals surface area contributed by atoms with Gasteiger partial charge in [-0.3, -0.25) is 4.79 Å². The van der Waals surface area contributed by atoms with Crippen molar-refractivity contribution in [3.05, 3.63) is 65.4 Å². The molecule has 5 nitrogen and oxygen atoms in total. The number of nitrogens with one attached hydrogen (secondary N) is 1. The Kier molecular flexibility index (Phi) is 4.96. The number of aryl methyl sites for hydroxylation is 1. The molecule has 1 N–H and O–H groups in total. The van der Waals surface area contributed by atoms with Crippen molar-refractivity contribution < 1.29 is 9.53 Å². The highest BCUT2D eigenvalue weighted by Crippen LogP contribution is 2.25. The van der Waals surface area contributed by atoms with Crippen molar-refractivity contribution in [2.75, 3.05) is 12.4 Å². The molecule has 24 heavy (non-hydrogen) atoms. The summed E-state index contributed by atoms with van der Waals surface area (Å²) in [7, 11) is 1.64. The number of anilines is 1. The topological polar surface area (TPSA) is 56.1 Å². The highest BCUT2D eigenvalue weighted by molar-refractivity contribution is 7.13. The fourth-order valence-corrected chi connectivity index (χ4v) is 3.24. The molecule has 0 spiro atoms. The Labute approximate surface area is 144 Å². The number of carbonyl (C=O) groups excluding carboxylic acids is 1. The Morgan fingerprint density at radius 3 is 2.58 bits per heavy atom. The maximum Gasteiger partial charge on any atom is 0.228 e. The van der Waals surface area contributed by atoms with Gasteiger partial charge in [-0.25, -0.2) is 4.98 Å². The second kappa shape index (κ2) is 7.31. The summed E-state index contributed by atoms with van der Waals surface area (Å²) in [4.78, 5) is 16.7. The summed E-state index contributed by atoms with van der Waals surface area (Å²) in [5.74, 6) is 0.742. The van der Waals surface area contributed by atoms with Gasteiger partial charge in [-0.15, -0.1) is 11.3 Å². The second-order valence-corrected chi connectivity index (χ2v) is 6.32. The molecule has 0 saturated heterocycles. The number of benzene rings is 1. The molecule has 3 rings (SSSR count). The lowest BCUT2D eigenvalue weighted by Gasteiger charge is -2.19. The van der Waals surface area contributed by atoms with E-state index in [4.69, 9.17) is 4.74 Å². The van der Waals surface area contributed by atoms with Crippen LogP contribution in [0.5, 0.6) is 5.75 Å². The standard InChI is InChI=1S/C18H19N3O2S/c1-13-12-24-18(19-13)20-17(22)11-16(21-9-3-4-10-21)14-5-7-15(23-2)8-6-14/h3-10,12,16H,11H2,1-2H3,(H,19,20,22). The molecule has 3 aromatic rings. The van der Waals surface area contributed by atoms with Crippen molar-refractivity contribution in [1.29, 1.82) is 0 Å². The third kappa shape index (κ3) is 3.83. The third-order valence-corrected chi connectivity index (χ3v) is 4.61. The van der Waals surface area contributed by atoms with Crippen LogP contribution < -0.4 is 10.1 Å². The van der Waals surface area contributed by atoms with Crippen LogP contribution >= 0.6 is 11.3 Å². The molecule has 2 heterocycles. The molecule has 0 fully saturated rings. The number of aromatic nitrogens is 2. The van der Waals surface area contributed by atoms with Crippen molar-refractivity contribution in [3.63, 3.8) is 0 Å². The van der Waals surface area contributed by atoms with Gasteiger partial charge in [0, 0.05) is 17.8 Å². The van der Waals surface area contributed by atoms with Crippen molar-refractivity contribution in [1.82, 2.24) is 9.55 Å². The number of ether oxygens (including phenoxy) is 1. The number of carbonyl (C=O) groups is 1. The third-order valence-electron chi connectivity index (χ3n) is 3.73. The maximum atomic E-state index is 12.4. The summed E-state index contributed by atoms with van der Waals surface area (Å²) in [5, 5.41) is 5.43. The first-order valence-corrected chi connectivity index (χ1v) is 8.52. The summed E-state index contributed by atoms with van der Waals surface area (Å²) >= 11 is 1.44. The molecule has 6 heteroatoms. The Morgan fingerprint density at radius 1 is 1.29 bits per heavy atom. The maximum absolute atomic E-state index is 12.4. The minimum atomic E-state index is -0.0769. The number of hydrogen-bond donors (Lipinski definition) is 1. The van der Waals surface area contributed by atoms with Gasteiger partial charge in [-0.2, -0.15) is 0 Å². The van der Waals surface area contributed by atoms with Crippen LogP contribution in [-0.4, -0.2) is 22.6 Å². The number of thiazole rings is 1. The van der Waals surface area contributed by atoms with Gasteiger partial charge in [-0.1, -0.05) is 12.1 Å². The van der Waals surface area contributed by atoms with Gasteiger partial charge in [0.25, 0.3) is 0 Å². The van der Waals surface area contributed by atoms with E-state index in [0.29, 0.717) is 11.6 Å². The van der Waals surface area contributed by atoms with E-state index in [1.54, 1.807) is 7.11 Å². The molecule has 0 saturated carbocycles. The van der Waals surface area contributed by atoms with Gasteiger partial charge < -0.3 is 14.6 Å². The molecule has 1 unspecified atom stereocenters. The highest BCUT2D eigenvalue weighted by Gasteiger charge is 2.18. The van der Waals surface area contributed by atoms with Crippen LogP contribution in [0.1, 0.15) is 23.7 Å². The van der Waals surface area contributed by atoms with Crippen molar-refractivity contribution in [2.24, 2.45) is 0 Å². The van der Waals surface area contributed by atoms with Crippen LogP contribution in [0.15, 0.2) is 54.2 Å². The zero-order valence-electron chi connectivity index (χ0n) is 13.6. The van der Waals surface area contributed by atoms with E-state index in [0.717, 1.165) is 17.0 Å². The summed E-state index contributed by atoms with van der Waals surface area (Å²) in [5.41, 5.74) is 1.96. The zero-order chi connectivity index (χ0) is 16.9. The summed E-state index contributed by atoms with van der Waals surface area (Å²) in [6.07, 6.45) is 4.27. The fourth-order valence-electron chi connectivity index (χ4n) is 2.53. The minimum absolute atomic E-state index is 0.0566. The first-order valence-electron chi connectivity index (χ1n) is 7.64. The molecule has 1 atom stereocenters. The van der Waals surface area contributed by atoms with Crippen molar-refractivity contribution >= 4 is 22.4 Å². The average Bonchev–Trinajstić information content (AvgIpc) is 3.25. The molecule has 0 radical (unpaired) electrons. The largest absolute Gasteiger partial charge is 0.497 e. The van der Waals surface area contributed by atoms with Gasteiger partial charge in [0.05, 0.1) is 25.3 Å². The molecule has 1 amide bonds. The van der Waals surface area contributed by atoms with E-state index in [1.165, 1.54) is 11.3 Å². The van der Waals surface area contributed by atoms with E-state index in [9.17, 15) is 4.79 Å². The van der Waals surface area contributed by atoms with Gasteiger partial charge in [0.1, 0.15) is 5.75 Å². The zero-order valence-corrected chi connectivity index (χ0v) is 14.4. The lowest BCUT2D eigenvalue weighted by Crippen LogP contribution is -2.19. The SMILES string of the molecule is COc1ccc(C(CC(=O)Nc2nc(C)cs2)n2cccc2)cc1. The van der Waals surface area contributed by atoms with Gasteiger partial charge >= 0.3 is 0 Å². The van der Waals surface area contributed by atoms with Gasteiger partial charge in [0.2, 0.25) is 5.91 Å². The Hall–Kier alpha value is -2.60. The predicted molar refractivity (Wildman–Crippen MR) is 95.7 cm³/mol. The van der Waals surface area contributed by atoms with Gasteiger partial charge in [0.15, 0.2) is 5.13 Å². The summed E-state index contributed by atoms with van der Waals surface area (Å²) < 4.78 is 7.25. The minimum Gasteiger partial charge on any atom is -0.497 e. The first-order chi connectivity index (χ1) is 11.7. The molecule has 124 valence electrons. The quantitative estimate of drug-likeness (QED) is 0.740. The normalized spacial score (nSPS) is 11.9. The molecule has 0 bridgehead atoms. The van der Waals surface area contributed by atoms with Crippen LogP contribution in [0.3, 0.4) is 0 Å². The fraction of sp³-hybridized carbons (Fsp3) is 0.222. The Balaban J connectivity index is 1.78. The molecule has 0 aliphatic carbocycles. The lowest BCUT2D eigenvalue weighted by atomic mass is 10.0. The van der Waals surface area contributed by atoms with Crippen LogP contribution in [0, 0.1) is 6.92 Å². The first kappa shape index (κ1) is 16.3. The van der Waals surface area contributed by atoms with E-state index < -0.39 is 0 Å². The van der Waals surface area contributed by atoms with E-state index in [2.05, 4.69) is 10.3 Å². The average molecular weight is 341 g/mol. The molecule has 0 aliphatic heterocycles. The molecule has 0 aliphatic rings. The number of amides is 1. The monoisotopic (exact) mass is 341 g/mol. The Morgan fingerprint density at radius 2 is 2.00 bits per heavy atom. The summed E-state index contributed by atoms with van der Waals surface area (Å²) in [6.45, 7) is 1.91. The van der Waals surface area contributed by atoms with Crippen LogP contribution in [0.4, 0.5) is 5.13 Å². The summed E-state index contributed by atoms with van der Waals surface area (Å²) in [6, 6.07) is 11.6. The number of rotatable bonds is 6. The second-order valence-electron chi connectivity index (χ2n) is 5.47. The van der Waals surface area contributed by atoms with Crippen molar-refractivity contribution in [2.45, 2.75) is 19.4 Å².